The lowest BCUT2D eigenvalue weighted by Crippen LogP contribution is -2.48. The van der Waals surface area contributed by atoms with E-state index < -0.39 is 6.04 Å². The SMILES string of the molecule is CC1CCN(C(=O)[C@@H](N)Cc2ccc(O)c(O)c2)C1CO. The standard InChI is InChI=1S/C15H22N2O4/c1-9-4-5-17(12(9)8-18)15(21)11(16)6-10-2-3-13(19)14(20)7-10/h2-3,7,9,11-12,18-20H,4-6,8,16H2,1H3/t9?,11-,12?/m0/s1. The molecule has 1 fully saturated rings. The van der Waals surface area contributed by atoms with E-state index >= 15 is 0 Å². The highest BCUT2D eigenvalue weighted by atomic mass is 16.3. The van der Waals surface area contributed by atoms with Gasteiger partial charge in [-0.25, -0.2) is 0 Å². The van der Waals surface area contributed by atoms with Crippen molar-refractivity contribution >= 4 is 5.91 Å². The summed E-state index contributed by atoms with van der Waals surface area (Å²) in [5.41, 5.74) is 6.64. The van der Waals surface area contributed by atoms with Crippen LogP contribution in [0.3, 0.4) is 0 Å². The fraction of sp³-hybridized carbons (Fsp3) is 0.533. The van der Waals surface area contributed by atoms with E-state index in [4.69, 9.17) is 5.73 Å². The van der Waals surface area contributed by atoms with Crippen LogP contribution >= 0.6 is 0 Å². The summed E-state index contributed by atoms with van der Waals surface area (Å²) in [6.45, 7) is 2.57. The number of nitrogens with two attached hydrogens (primary N) is 1. The summed E-state index contributed by atoms with van der Waals surface area (Å²) in [5, 5.41) is 28.1. The van der Waals surface area contributed by atoms with Gasteiger partial charge in [-0.05, 0) is 36.5 Å². The lowest BCUT2D eigenvalue weighted by atomic mass is 10.0. The average Bonchev–Trinajstić information content (AvgIpc) is 2.82. The molecule has 1 amide bonds. The Hall–Kier alpha value is -1.79. The van der Waals surface area contributed by atoms with Gasteiger partial charge in [-0.15, -0.1) is 0 Å². The first kappa shape index (κ1) is 15.6. The van der Waals surface area contributed by atoms with Gasteiger partial charge in [0.05, 0.1) is 18.7 Å². The molecule has 1 aromatic carbocycles. The molecule has 2 rings (SSSR count). The van der Waals surface area contributed by atoms with Crippen LogP contribution in [-0.4, -0.2) is 51.4 Å². The Morgan fingerprint density at radius 2 is 2.14 bits per heavy atom. The molecule has 6 nitrogen and oxygen atoms in total. The molecule has 1 aliphatic rings. The second-order valence-electron chi connectivity index (χ2n) is 5.68. The third kappa shape index (κ3) is 3.28. The minimum Gasteiger partial charge on any atom is -0.504 e. The predicted molar refractivity (Wildman–Crippen MR) is 77.8 cm³/mol. The van der Waals surface area contributed by atoms with E-state index in [9.17, 15) is 20.1 Å². The first-order chi connectivity index (χ1) is 9.93. The zero-order valence-electron chi connectivity index (χ0n) is 12.1. The van der Waals surface area contributed by atoms with E-state index in [0.29, 0.717) is 12.1 Å². The smallest absolute Gasteiger partial charge is 0.240 e. The van der Waals surface area contributed by atoms with Gasteiger partial charge in [-0.2, -0.15) is 0 Å². The van der Waals surface area contributed by atoms with E-state index in [-0.39, 0.29) is 42.4 Å². The summed E-state index contributed by atoms with van der Waals surface area (Å²) in [5.74, 6) is -0.350. The van der Waals surface area contributed by atoms with Crippen LogP contribution in [0.2, 0.25) is 0 Å². The number of carbonyl (C=O) groups excluding carboxylic acids is 1. The summed E-state index contributed by atoms with van der Waals surface area (Å²) in [6, 6.07) is 3.50. The van der Waals surface area contributed by atoms with Crippen molar-refractivity contribution in [2.45, 2.75) is 31.8 Å². The zero-order valence-corrected chi connectivity index (χ0v) is 12.1. The maximum atomic E-state index is 12.4. The minimum absolute atomic E-state index is 0.0559. The first-order valence-electron chi connectivity index (χ1n) is 7.11. The molecular weight excluding hydrogens is 272 g/mol. The van der Waals surface area contributed by atoms with Crippen molar-refractivity contribution in [1.29, 1.82) is 0 Å². The number of rotatable bonds is 4. The molecular formula is C15H22N2O4. The van der Waals surface area contributed by atoms with E-state index in [2.05, 4.69) is 0 Å². The second-order valence-corrected chi connectivity index (χ2v) is 5.68. The number of hydrogen-bond donors (Lipinski definition) is 4. The highest BCUT2D eigenvalue weighted by Crippen LogP contribution is 2.27. The number of hydrogen-bond acceptors (Lipinski definition) is 5. The maximum absolute atomic E-state index is 12.4. The molecule has 0 aliphatic carbocycles. The lowest BCUT2D eigenvalue weighted by Gasteiger charge is -2.27. The van der Waals surface area contributed by atoms with Gasteiger partial charge in [0.15, 0.2) is 11.5 Å². The third-order valence-corrected chi connectivity index (χ3v) is 4.17. The Labute approximate surface area is 123 Å². The molecule has 6 heteroatoms. The molecule has 1 aliphatic heterocycles. The largest absolute Gasteiger partial charge is 0.504 e. The van der Waals surface area contributed by atoms with Crippen LogP contribution in [0.15, 0.2) is 18.2 Å². The van der Waals surface area contributed by atoms with Gasteiger partial charge < -0.3 is 26.0 Å². The normalized spacial score (nSPS) is 23.3. The van der Waals surface area contributed by atoms with E-state index in [1.165, 1.54) is 12.1 Å². The Morgan fingerprint density at radius 1 is 1.43 bits per heavy atom. The number of amides is 1. The highest BCUT2D eigenvalue weighted by Gasteiger charge is 2.35. The number of likely N-dealkylation sites (tertiary alicyclic amines) is 1. The molecule has 3 atom stereocenters. The van der Waals surface area contributed by atoms with E-state index in [0.717, 1.165) is 6.42 Å². The number of phenols is 2. The van der Waals surface area contributed by atoms with Crippen molar-refractivity contribution in [3.63, 3.8) is 0 Å². The Bertz CT molecular complexity index is 520. The van der Waals surface area contributed by atoms with Crippen LogP contribution in [0.5, 0.6) is 11.5 Å². The van der Waals surface area contributed by atoms with Crippen LogP contribution in [0, 0.1) is 5.92 Å². The summed E-state index contributed by atoms with van der Waals surface area (Å²) in [6.07, 6.45) is 1.14. The average molecular weight is 294 g/mol. The number of nitrogens with zero attached hydrogens (tertiary/aromatic N) is 1. The number of carbonyl (C=O) groups is 1. The van der Waals surface area contributed by atoms with Gasteiger partial charge in [-0.3, -0.25) is 4.79 Å². The summed E-state index contributed by atoms with van der Waals surface area (Å²) >= 11 is 0. The van der Waals surface area contributed by atoms with Crippen LogP contribution < -0.4 is 5.73 Å². The third-order valence-electron chi connectivity index (χ3n) is 4.17. The molecule has 0 radical (unpaired) electrons. The molecule has 1 saturated heterocycles. The van der Waals surface area contributed by atoms with Crippen LogP contribution in [0.4, 0.5) is 0 Å². The topological polar surface area (TPSA) is 107 Å². The van der Waals surface area contributed by atoms with Gasteiger partial charge in [0.1, 0.15) is 0 Å². The maximum Gasteiger partial charge on any atom is 0.240 e. The van der Waals surface area contributed by atoms with E-state index in [1.807, 2.05) is 6.92 Å². The number of aromatic hydroxyl groups is 2. The molecule has 116 valence electrons. The quantitative estimate of drug-likeness (QED) is 0.593. The molecule has 0 spiro atoms. The van der Waals surface area contributed by atoms with Crippen LogP contribution in [0.1, 0.15) is 18.9 Å². The molecule has 1 aromatic rings. The molecule has 5 N–H and O–H groups in total. The number of aliphatic hydroxyl groups excluding tert-OH is 1. The Balaban J connectivity index is 2.04. The first-order valence-corrected chi connectivity index (χ1v) is 7.11. The van der Waals surface area contributed by atoms with Crippen molar-refractivity contribution < 1.29 is 20.1 Å². The van der Waals surface area contributed by atoms with Gasteiger partial charge in [-0.1, -0.05) is 13.0 Å². The monoisotopic (exact) mass is 294 g/mol. The summed E-state index contributed by atoms with van der Waals surface area (Å²) in [7, 11) is 0. The Morgan fingerprint density at radius 3 is 2.76 bits per heavy atom. The molecule has 0 aromatic heterocycles. The lowest BCUT2D eigenvalue weighted by molar-refractivity contribution is -0.134. The van der Waals surface area contributed by atoms with Gasteiger partial charge in [0.25, 0.3) is 0 Å². The fourth-order valence-corrected chi connectivity index (χ4v) is 2.81. The summed E-state index contributed by atoms with van der Waals surface area (Å²) in [4.78, 5) is 14.0. The second kappa shape index (κ2) is 6.32. The highest BCUT2D eigenvalue weighted by molar-refractivity contribution is 5.82. The fourth-order valence-electron chi connectivity index (χ4n) is 2.81. The molecule has 0 saturated carbocycles. The van der Waals surface area contributed by atoms with Crippen LogP contribution in [0.25, 0.3) is 0 Å². The molecule has 1 heterocycles. The minimum atomic E-state index is -0.728. The van der Waals surface area contributed by atoms with Crippen molar-refractivity contribution in [2.75, 3.05) is 13.2 Å². The number of benzene rings is 1. The van der Waals surface area contributed by atoms with Gasteiger partial charge >= 0.3 is 0 Å². The van der Waals surface area contributed by atoms with E-state index in [1.54, 1.807) is 11.0 Å². The molecule has 0 bridgehead atoms. The number of phenolic OH excluding ortho intramolecular Hbond substituents is 2. The van der Waals surface area contributed by atoms with Crippen molar-refractivity contribution in [3.8, 4) is 11.5 Å². The van der Waals surface area contributed by atoms with Crippen molar-refractivity contribution in [1.82, 2.24) is 4.90 Å². The van der Waals surface area contributed by atoms with Gasteiger partial charge in [0, 0.05) is 6.54 Å². The Kier molecular flexibility index (Phi) is 4.69. The molecule has 21 heavy (non-hydrogen) atoms. The summed E-state index contributed by atoms with van der Waals surface area (Å²) < 4.78 is 0. The van der Waals surface area contributed by atoms with Crippen molar-refractivity contribution in [2.24, 2.45) is 11.7 Å². The predicted octanol–water partition coefficient (Wildman–Crippen LogP) is 0.197. The zero-order chi connectivity index (χ0) is 15.6. The number of aliphatic hydroxyl groups is 1. The van der Waals surface area contributed by atoms with Crippen LogP contribution in [-0.2, 0) is 11.2 Å². The van der Waals surface area contributed by atoms with Crippen molar-refractivity contribution in [3.05, 3.63) is 23.8 Å². The molecule has 2 unspecified atom stereocenters. The van der Waals surface area contributed by atoms with Gasteiger partial charge in [0.2, 0.25) is 5.91 Å².